The maximum Gasteiger partial charge on any atom is 0.347 e. The van der Waals surface area contributed by atoms with E-state index < -0.39 is 5.97 Å². The van der Waals surface area contributed by atoms with E-state index in [-0.39, 0.29) is 0 Å². The number of aromatic carboxylic acids is 1. The first-order valence-corrected chi connectivity index (χ1v) is 6.15. The molecule has 0 spiro atoms. The van der Waals surface area contributed by atoms with E-state index in [4.69, 9.17) is 5.11 Å². The van der Waals surface area contributed by atoms with Crippen LogP contribution in [0.1, 0.15) is 35.6 Å². The normalized spacial score (nSPS) is 10.8. The van der Waals surface area contributed by atoms with Crippen molar-refractivity contribution in [3.63, 3.8) is 0 Å². The van der Waals surface area contributed by atoms with Gasteiger partial charge in [-0.05, 0) is 19.3 Å². The Labute approximate surface area is 99.9 Å². The summed E-state index contributed by atoms with van der Waals surface area (Å²) in [6.45, 7) is 6.98. The predicted octanol–water partition coefficient (Wildman–Crippen LogP) is 2.63. The highest BCUT2D eigenvalue weighted by Gasteiger charge is 2.16. The first-order chi connectivity index (χ1) is 7.41. The monoisotopic (exact) mass is 242 g/mol. The van der Waals surface area contributed by atoms with Crippen LogP contribution in [0.4, 0.5) is 5.13 Å². The van der Waals surface area contributed by atoms with Crippen molar-refractivity contribution in [3.05, 3.63) is 10.6 Å². The van der Waals surface area contributed by atoms with Crippen LogP contribution in [0, 0.1) is 12.8 Å². The van der Waals surface area contributed by atoms with Crippen molar-refractivity contribution in [1.82, 2.24) is 4.98 Å². The number of anilines is 1. The van der Waals surface area contributed by atoms with Gasteiger partial charge in [-0.15, -0.1) is 0 Å². The number of rotatable bonds is 5. The quantitative estimate of drug-likeness (QED) is 0.862. The van der Waals surface area contributed by atoms with E-state index in [1.165, 1.54) is 11.3 Å². The zero-order valence-electron chi connectivity index (χ0n) is 10.1. The molecule has 5 heteroatoms. The van der Waals surface area contributed by atoms with Gasteiger partial charge in [-0.2, -0.15) is 0 Å². The molecule has 0 saturated heterocycles. The molecule has 0 aliphatic carbocycles. The SMILES string of the molecule is Cc1nc(N(C)CCC(C)C)sc1C(=O)O. The molecule has 0 aromatic carbocycles. The summed E-state index contributed by atoms with van der Waals surface area (Å²) in [7, 11) is 1.95. The zero-order chi connectivity index (χ0) is 12.3. The Balaban J connectivity index is 2.73. The molecule has 0 amide bonds. The van der Waals surface area contributed by atoms with Gasteiger partial charge in [-0.25, -0.2) is 9.78 Å². The standard InChI is InChI=1S/C11H18N2O2S/c1-7(2)5-6-13(4)11-12-8(3)9(16-11)10(14)15/h7H,5-6H2,1-4H3,(H,14,15). The van der Waals surface area contributed by atoms with Crippen molar-refractivity contribution >= 4 is 22.4 Å². The molecule has 1 aromatic rings. The highest BCUT2D eigenvalue weighted by molar-refractivity contribution is 7.17. The molecule has 0 bridgehead atoms. The van der Waals surface area contributed by atoms with Crippen LogP contribution in [-0.2, 0) is 0 Å². The molecular formula is C11H18N2O2S. The van der Waals surface area contributed by atoms with Crippen molar-refractivity contribution in [2.24, 2.45) is 5.92 Å². The molecule has 16 heavy (non-hydrogen) atoms. The van der Waals surface area contributed by atoms with Gasteiger partial charge in [0.25, 0.3) is 0 Å². The molecule has 0 aliphatic rings. The minimum Gasteiger partial charge on any atom is -0.477 e. The van der Waals surface area contributed by atoms with Gasteiger partial charge in [0.05, 0.1) is 5.69 Å². The van der Waals surface area contributed by atoms with Gasteiger partial charge in [0.2, 0.25) is 0 Å². The van der Waals surface area contributed by atoms with Crippen molar-refractivity contribution < 1.29 is 9.90 Å². The van der Waals surface area contributed by atoms with Crippen LogP contribution in [0.15, 0.2) is 0 Å². The molecule has 0 atom stereocenters. The molecule has 0 saturated carbocycles. The first-order valence-electron chi connectivity index (χ1n) is 5.33. The molecule has 0 fully saturated rings. The average molecular weight is 242 g/mol. The van der Waals surface area contributed by atoms with E-state index in [9.17, 15) is 4.79 Å². The zero-order valence-corrected chi connectivity index (χ0v) is 11.0. The number of hydrogen-bond acceptors (Lipinski definition) is 4. The average Bonchev–Trinajstić information content (AvgIpc) is 2.56. The summed E-state index contributed by atoms with van der Waals surface area (Å²) in [5, 5.41) is 9.72. The fourth-order valence-corrected chi connectivity index (χ4v) is 2.18. The maximum atomic E-state index is 10.9. The molecule has 0 unspecified atom stereocenters. The van der Waals surface area contributed by atoms with Crippen LogP contribution in [-0.4, -0.2) is 29.7 Å². The van der Waals surface area contributed by atoms with E-state index >= 15 is 0 Å². The lowest BCUT2D eigenvalue weighted by molar-refractivity contribution is 0.0701. The summed E-state index contributed by atoms with van der Waals surface area (Å²) < 4.78 is 0. The van der Waals surface area contributed by atoms with Crippen molar-refractivity contribution in [2.45, 2.75) is 27.2 Å². The fourth-order valence-electron chi connectivity index (χ4n) is 1.29. The predicted molar refractivity (Wildman–Crippen MR) is 66.5 cm³/mol. The van der Waals surface area contributed by atoms with E-state index in [1.807, 2.05) is 11.9 Å². The van der Waals surface area contributed by atoms with Gasteiger partial charge in [-0.3, -0.25) is 0 Å². The molecule has 1 heterocycles. The molecule has 0 radical (unpaired) electrons. The van der Waals surface area contributed by atoms with E-state index in [0.29, 0.717) is 16.5 Å². The summed E-state index contributed by atoms with van der Waals surface area (Å²) in [5.74, 6) is -0.249. The van der Waals surface area contributed by atoms with Gasteiger partial charge in [0.1, 0.15) is 4.88 Å². The maximum absolute atomic E-state index is 10.9. The summed E-state index contributed by atoms with van der Waals surface area (Å²) in [5.41, 5.74) is 0.601. The summed E-state index contributed by atoms with van der Waals surface area (Å²) in [4.78, 5) is 17.5. The smallest absolute Gasteiger partial charge is 0.347 e. The minimum atomic E-state index is -0.890. The van der Waals surface area contributed by atoms with Crippen LogP contribution in [0.5, 0.6) is 0 Å². The Morgan fingerprint density at radius 1 is 1.56 bits per heavy atom. The number of hydrogen-bond donors (Lipinski definition) is 1. The minimum absolute atomic E-state index is 0.339. The number of aryl methyl sites for hydroxylation is 1. The van der Waals surface area contributed by atoms with Gasteiger partial charge < -0.3 is 10.0 Å². The number of aromatic nitrogens is 1. The number of carbonyl (C=O) groups is 1. The summed E-state index contributed by atoms with van der Waals surface area (Å²) in [6.07, 6.45) is 1.08. The Kier molecular flexibility index (Phi) is 4.29. The van der Waals surface area contributed by atoms with Crippen LogP contribution < -0.4 is 4.90 Å². The Morgan fingerprint density at radius 3 is 2.62 bits per heavy atom. The highest BCUT2D eigenvalue weighted by atomic mass is 32.1. The van der Waals surface area contributed by atoms with Crippen molar-refractivity contribution in [2.75, 3.05) is 18.5 Å². The number of carboxylic acid groups (broad SMARTS) is 1. The summed E-state index contributed by atoms with van der Waals surface area (Å²) in [6, 6.07) is 0. The number of thiazole rings is 1. The van der Waals surface area contributed by atoms with Crippen LogP contribution in [0.25, 0.3) is 0 Å². The topological polar surface area (TPSA) is 53.4 Å². The molecule has 90 valence electrons. The van der Waals surface area contributed by atoms with Crippen LogP contribution in [0.2, 0.25) is 0 Å². The lowest BCUT2D eigenvalue weighted by atomic mass is 10.1. The van der Waals surface area contributed by atoms with E-state index in [0.717, 1.165) is 18.1 Å². The Hall–Kier alpha value is -1.10. The third-order valence-corrected chi connectivity index (χ3v) is 3.61. The van der Waals surface area contributed by atoms with Gasteiger partial charge in [0.15, 0.2) is 5.13 Å². The molecule has 1 rings (SSSR count). The first kappa shape index (κ1) is 13.0. The van der Waals surface area contributed by atoms with Crippen LogP contribution in [0.3, 0.4) is 0 Å². The lowest BCUT2D eigenvalue weighted by Gasteiger charge is -2.16. The van der Waals surface area contributed by atoms with Crippen molar-refractivity contribution in [3.8, 4) is 0 Å². The van der Waals surface area contributed by atoms with Gasteiger partial charge in [0, 0.05) is 13.6 Å². The molecular weight excluding hydrogens is 224 g/mol. The number of carboxylic acids is 1. The molecule has 1 aromatic heterocycles. The third-order valence-electron chi connectivity index (χ3n) is 2.35. The third kappa shape index (κ3) is 3.20. The second kappa shape index (κ2) is 5.30. The summed E-state index contributed by atoms with van der Waals surface area (Å²) >= 11 is 1.24. The van der Waals surface area contributed by atoms with E-state index in [1.54, 1.807) is 6.92 Å². The van der Waals surface area contributed by atoms with Crippen molar-refractivity contribution in [1.29, 1.82) is 0 Å². The second-order valence-corrected chi connectivity index (χ2v) is 5.30. The lowest BCUT2D eigenvalue weighted by Crippen LogP contribution is -2.19. The largest absolute Gasteiger partial charge is 0.477 e. The van der Waals surface area contributed by atoms with Gasteiger partial charge >= 0.3 is 5.97 Å². The van der Waals surface area contributed by atoms with Gasteiger partial charge in [-0.1, -0.05) is 25.2 Å². The van der Waals surface area contributed by atoms with Crippen LogP contribution >= 0.6 is 11.3 Å². The molecule has 1 N–H and O–H groups in total. The molecule has 0 aliphatic heterocycles. The number of nitrogens with zero attached hydrogens (tertiary/aromatic N) is 2. The highest BCUT2D eigenvalue weighted by Crippen LogP contribution is 2.25. The Bertz CT molecular complexity index is 374. The Morgan fingerprint density at radius 2 is 2.19 bits per heavy atom. The second-order valence-electron chi connectivity index (χ2n) is 4.32. The van der Waals surface area contributed by atoms with E-state index in [2.05, 4.69) is 18.8 Å². The molecule has 4 nitrogen and oxygen atoms in total. The fraction of sp³-hybridized carbons (Fsp3) is 0.636.